The number of ether oxygens (including phenoxy) is 1. The molecule has 2 amide bonds. The van der Waals surface area contributed by atoms with Crippen LogP contribution in [0.3, 0.4) is 0 Å². The maximum atomic E-state index is 13.0. The Morgan fingerprint density at radius 1 is 1.08 bits per heavy atom. The van der Waals surface area contributed by atoms with Gasteiger partial charge in [0.25, 0.3) is 0 Å². The Hall–Kier alpha value is -2.80. The summed E-state index contributed by atoms with van der Waals surface area (Å²) in [4.78, 5) is 26.1. The van der Waals surface area contributed by atoms with Gasteiger partial charge in [0, 0.05) is 12.2 Å². The molecule has 3 rings (SSSR count). The van der Waals surface area contributed by atoms with Crippen molar-refractivity contribution < 1.29 is 23.1 Å². The number of benzene rings is 2. The molecule has 130 valence electrons. The van der Waals surface area contributed by atoms with Crippen LogP contribution in [0.5, 0.6) is 0 Å². The van der Waals surface area contributed by atoms with Crippen molar-refractivity contribution in [2.45, 2.75) is 12.6 Å². The predicted molar refractivity (Wildman–Crippen MR) is 86.6 cm³/mol. The number of anilines is 1. The van der Waals surface area contributed by atoms with Crippen molar-refractivity contribution in [2.75, 3.05) is 18.5 Å². The van der Waals surface area contributed by atoms with Gasteiger partial charge >= 0.3 is 0 Å². The Labute approximate surface area is 143 Å². The minimum atomic E-state index is -0.823. The summed E-state index contributed by atoms with van der Waals surface area (Å²) in [7, 11) is 0. The van der Waals surface area contributed by atoms with Gasteiger partial charge in [0.1, 0.15) is 24.3 Å². The fourth-order valence-corrected chi connectivity index (χ4v) is 2.57. The number of nitrogens with one attached hydrogen (secondary N) is 1. The number of carbonyl (C=O) groups excluding carboxylic acids is 2. The summed E-state index contributed by atoms with van der Waals surface area (Å²) in [6, 6.07) is 10.2. The Balaban J connectivity index is 1.74. The van der Waals surface area contributed by atoms with E-state index in [1.807, 2.05) is 0 Å². The Morgan fingerprint density at radius 3 is 2.32 bits per heavy atom. The zero-order valence-electron chi connectivity index (χ0n) is 13.2. The summed E-state index contributed by atoms with van der Waals surface area (Å²) in [6.07, 6.45) is 0. The standard InChI is InChI=1S/C18H16F2N2O3/c19-13-3-1-12(2-4-13)9-22-16(10-25-11-17(22)23)18(24)21-15-7-5-14(20)6-8-15/h1-8,16H,9-11H2,(H,21,24). The van der Waals surface area contributed by atoms with Gasteiger partial charge in [-0.2, -0.15) is 0 Å². The highest BCUT2D eigenvalue weighted by Gasteiger charge is 2.34. The van der Waals surface area contributed by atoms with Gasteiger partial charge in [-0.25, -0.2) is 8.78 Å². The molecule has 0 spiro atoms. The molecule has 0 aliphatic carbocycles. The first-order chi connectivity index (χ1) is 12.0. The molecular formula is C18H16F2N2O3. The molecule has 1 N–H and O–H groups in total. The van der Waals surface area contributed by atoms with E-state index in [1.54, 1.807) is 12.1 Å². The van der Waals surface area contributed by atoms with Gasteiger partial charge < -0.3 is 15.0 Å². The van der Waals surface area contributed by atoms with Crippen molar-refractivity contribution >= 4 is 17.5 Å². The van der Waals surface area contributed by atoms with Crippen LogP contribution in [0.15, 0.2) is 48.5 Å². The number of rotatable bonds is 4. The fourth-order valence-electron chi connectivity index (χ4n) is 2.57. The van der Waals surface area contributed by atoms with E-state index < -0.39 is 17.8 Å². The quantitative estimate of drug-likeness (QED) is 0.924. The molecular weight excluding hydrogens is 330 g/mol. The third-order valence-corrected chi connectivity index (χ3v) is 3.88. The average Bonchev–Trinajstić information content (AvgIpc) is 2.60. The predicted octanol–water partition coefficient (Wildman–Crippen LogP) is 2.33. The molecule has 25 heavy (non-hydrogen) atoms. The van der Waals surface area contributed by atoms with E-state index in [4.69, 9.17) is 4.74 Å². The van der Waals surface area contributed by atoms with E-state index in [0.29, 0.717) is 11.3 Å². The van der Waals surface area contributed by atoms with Crippen molar-refractivity contribution in [3.05, 3.63) is 65.7 Å². The first-order valence-electron chi connectivity index (χ1n) is 7.71. The molecule has 1 aliphatic heterocycles. The van der Waals surface area contributed by atoms with Gasteiger partial charge in [-0.1, -0.05) is 12.1 Å². The lowest BCUT2D eigenvalue weighted by molar-refractivity contribution is -0.154. The lowest BCUT2D eigenvalue weighted by atomic mass is 10.1. The second-order valence-electron chi connectivity index (χ2n) is 5.68. The van der Waals surface area contributed by atoms with Gasteiger partial charge in [0.2, 0.25) is 11.8 Å². The molecule has 0 saturated carbocycles. The van der Waals surface area contributed by atoms with Gasteiger partial charge in [-0.3, -0.25) is 9.59 Å². The summed E-state index contributed by atoms with van der Waals surface area (Å²) in [5.41, 5.74) is 1.13. The molecule has 1 unspecified atom stereocenters. The van der Waals surface area contributed by atoms with E-state index in [2.05, 4.69) is 5.32 Å². The molecule has 1 atom stereocenters. The van der Waals surface area contributed by atoms with E-state index in [1.165, 1.54) is 41.3 Å². The average molecular weight is 346 g/mol. The van der Waals surface area contributed by atoms with Crippen LogP contribution in [-0.2, 0) is 20.9 Å². The summed E-state index contributed by atoms with van der Waals surface area (Å²) in [6.45, 7) is 0.117. The van der Waals surface area contributed by atoms with Gasteiger partial charge in [-0.05, 0) is 42.0 Å². The Kier molecular flexibility index (Phi) is 5.04. The molecule has 0 aromatic heterocycles. The third kappa shape index (κ3) is 4.19. The smallest absolute Gasteiger partial charge is 0.249 e. The van der Waals surface area contributed by atoms with Crippen LogP contribution >= 0.6 is 0 Å². The molecule has 2 aromatic rings. The van der Waals surface area contributed by atoms with E-state index >= 15 is 0 Å². The van der Waals surface area contributed by atoms with E-state index in [0.717, 1.165) is 0 Å². The number of amides is 2. The number of nitrogens with zero attached hydrogens (tertiary/aromatic N) is 1. The first-order valence-corrected chi connectivity index (χ1v) is 7.71. The first kappa shape index (κ1) is 17.0. The molecule has 7 heteroatoms. The maximum absolute atomic E-state index is 13.0. The molecule has 1 aliphatic rings. The number of carbonyl (C=O) groups is 2. The second kappa shape index (κ2) is 7.40. The van der Waals surface area contributed by atoms with Crippen molar-refractivity contribution in [2.24, 2.45) is 0 Å². The Bertz CT molecular complexity index is 763. The fraction of sp³-hybridized carbons (Fsp3) is 0.222. The maximum Gasteiger partial charge on any atom is 0.249 e. The molecule has 5 nitrogen and oxygen atoms in total. The molecule has 2 aromatic carbocycles. The van der Waals surface area contributed by atoms with Crippen molar-refractivity contribution in [1.29, 1.82) is 0 Å². The molecule has 0 radical (unpaired) electrons. The molecule has 1 saturated heterocycles. The van der Waals surface area contributed by atoms with Crippen LogP contribution in [0, 0.1) is 11.6 Å². The number of hydrogen-bond donors (Lipinski definition) is 1. The summed E-state index contributed by atoms with van der Waals surface area (Å²) in [5, 5.41) is 2.64. The van der Waals surface area contributed by atoms with Crippen molar-refractivity contribution in [1.82, 2.24) is 4.90 Å². The summed E-state index contributed by atoms with van der Waals surface area (Å²) < 4.78 is 31.2. The lowest BCUT2D eigenvalue weighted by Gasteiger charge is -2.34. The minimum absolute atomic E-state index is 0.0555. The Morgan fingerprint density at radius 2 is 1.68 bits per heavy atom. The number of morpholine rings is 1. The highest BCUT2D eigenvalue weighted by molar-refractivity contribution is 5.97. The zero-order valence-corrected chi connectivity index (χ0v) is 13.2. The summed E-state index contributed by atoms with van der Waals surface area (Å²) >= 11 is 0. The number of halogens is 2. The second-order valence-corrected chi connectivity index (χ2v) is 5.68. The highest BCUT2D eigenvalue weighted by Crippen LogP contribution is 2.17. The lowest BCUT2D eigenvalue weighted by Crippen LogP contribution is -2.54. The van der Waals surface area contributed by atoms with Gasteiger partial charge in [-0.15, -0.1) is 0 Å². The van der Waals surface area contributed by atoms with E-state index in [9.17, 15) is 18.4 Å². The largest absolute Gasteiger partial charge is 0.369 e. The SMILES string of the molecule is O=C(Nc1ccc(F)cc1)C1COCC(=O)N1Cc1ccc(F)cc1. The normalized spacial score (nSPS) is 17.4. The zero-order chi connectivity index (χ0) is 17.8. The van der Waals surface area contributed by atoms with Crippen LogP contribution in [0.25, 0.3) is 0 Å². The summed E-state index contributed by atoms with van der Waals surface area (Å²) in [5.74, 6) is -1.54. The van der Waals surface area contributed by atoms with Gasteiger partial charge in [0.05, 0.1) is 6.61 Å². The van der Waals surface area contributed by atoms with Crippen LogP contribution in [0.4, 0.5) is 14.5 Å². The molecule has 0 bridgehead atoms. The highest BCUT2D eigenvalue weighted by atomic mass is 19.1. The van der Waals surface area contributed by atoms with Crippen LogP contribution in [0.1, 0.15) is 5.56 Å². The minimum Gasteiger partial charge on any atom is -0.369 e. The van der Waals surface area contributed by atoms with Crippen LogP contribution < -0.4 is 5.32 Å². The molecule has 1 heterocycles. The monoisotopic (exact) mass is 346 g/mol. The topological polar surface area (TPSA) is 58.6 Å². The molecule has 1 fully saturated rings. The van der Waals surface area contributed by atoms with Gasteiger partial charge in [0.15, 0.2) is 0 Å². The van der Waals surface area contributed by atoms with Crippen LogP contribution in [-0.4, -0.2) is 36.0 Å². The third-order valence-electron chi connectivity index (χ3n) is 3.88. The van der Waals surface area contributed by atoms with Crippen molar-refractivity contribution in [3.63, 3.8) is 0 Å². The number of hydrogen-bond acceptors (Lipinski definition) is 3. The van der Waals surface area contributed by atoms with Crippen molar-refractivity contribution in [3.8, 4) is 0 Å². The van der Waals surface area contributed by atoms with Crippen LogP contribution in [0.2, 0.25) is 0 Å². The van der Waals surface area contributed by atoms with E-state index in [-0.39, 0.29) is 31.5 Å².